The summed E-state index contributed by atoms with van der Waals surface area (Å²) in [6, 6.07) is 10.2. The lowest BCUT2D eigenvalue weighted by atomic mass is 10.2. The maximum absolute atomic E-state index is 13.2. The number of hydrogen-bond donors (Lipinski definition) is 0. The maximum atomic E-state index is 13.2. The molecule has 1 fully saturated rings. The number of hydrogen-bond acceptors (Lipinski definition) is 4. The zero-order valence-corrected chi connectivity index (χ0v) is 16.3. The summed E-state index contributed by atoms with van der Waals surface area (Å²) in [4.78, 5) is 14.5. The molecule has 0 aliphatic heterocycles. The zero-order chi connectivity index (χ0) is 18.5. The van der Waals surface area contributed by atoms with Crippen LogP contribution in [-0.2, 0) is 13.1 Å². The first-order valence-electron chi connectivity index (χ1n) is 9.25. The normalized spacial score (nSPS) is 14.3. The summed E-state index contributed by atoms with van der Waals surface area (Å²) >= 11 is 1.73. The van der Waals surface area contributed by atoms with E-state index in [1.54, 1.807) is 23.1 Å². The van der Waals surface area contributed by atoms with Gasteiger partial charge in [-0.3, -0.25) is 4.79 Å². The molecule has 0 spiro atoms. The van der Waals surface area contributed by atoms with Crippen LogP contribution >= 0.6 is 11.3 Å². The molecule has 0 atom stereocenters. The van der Waals surface area contributed by atoms with Crippen LogP contribution in [-0.4, -0.2) is 21.5 Å². The van der Waals surface area contributed by atoms with Gasteiger partial charge in [-0.2, -0.15) is 5.10 Å². The minimum absolute atomic E-state index is 0.0170. The van der Waals surface area contributed by atoms with Gasteiger partial charge in [-0.1, -0.05) is 12.1 Å². The van der Waals surface area contributed by atoms with Gasteiger partial charge >= 0.3 is 0 Å². The fraction of sp³-hybridized carbons (Fsp3) is 0.333. The summed E-state index contributed by atoms with van der Waals surface area (Å²) in [5.41, 5.74) is 3.00. The van der Waals surface area contributed by atoms with Gasteiger partial charge in [0.25, 0.3) is 5.56 Å². The van der Waals surface area contributed by atoms with Crippen LogP contribution < -0.4 is 10.3 Å². The Balaban J connectivity index is 1.72. The van der Waals surface area contributed by atoms with Gasteiger partial charge in [0.1, 0.15) is 11.3 Å². The maximum Gasteiger partial charge on any atom is 0.291 e. The van der Waals surface area contributed by atoms with E-state index in [4.69, 9.17) is 4.74 Å². The first kappa shape index (κ1) is 16.6. The molecular weight excluding hydrogens is 358 g/mol. The lowest BCUT2D eigenvalue weighted by Crippen LogP contribution is -2.25. The van der Waals surface area contributed by atoms with E-state index in [-0.39, 0.29) is 5.56 Å². The lowest BCUT2D eigenvalue weighted by Gasteiger charge is -2.10. The number of fused-ring (bicyclic) bond motifs is 3. The van der Waals surface area contributed by atoms with Crippen LogP contribution in [0.5, 0.6) is 5.75 Å². The Morgan fingerprint density at radius 1 is 1.30 bits per heavy atom. The summed E-state index contributed by atoms with van der Waals surface area (Å²) < 4.78 is 10.3. The molecule has 0 radical (unpaired) electrons. The molecule has 138 valence electrons. The van der Waals surface area contributed by atoms with Crippen LogP contribution in [0.15, 0.2) is 41.3 Å². The zero-order valence-electron chi connectivity index (χ0n) is 15.4. The average molecular weight is 379 g/mol. The number of aryl methyl sites for hydroxylation is 1. The van der Waals surface area contributed by atoms with Gasteiger partial charge in [-0.15, -0.1) is 11.3 Å². The molecule has 0 unspecified atom stereocenters. The molecule has 1 saturated carbocycles. The summed E-state index contributed by atoms with van der Waals surface area (Å²) in [7, 11) is 1.67. The van der Waals surface area contributed by atoms with E-state index in [2.05, 4.69) is 28.7 Å². The van der Waals surface area contributed by atoms with Crippen molar-refractivity contribution in [3.05, 3.63) is 57.3 Å². The summed E-state index contributed by atoms with van der Waals surface area (Å²) in [6.45, 7) is 3.47. The monoisotopic (exact) mass is 379 g/mol. The van der Waals surface area contributed by atoms with Crippen molar-refractivity contribution in [2.24, 2.45) is 5.92 Å². The molecule has 27 heavy (non-hydrogen) atoms. The van der Waals surface area contributed by atoms with Gasteiger partial charge in [0.2, 0.25) is 0 Å². The third kappa shape index (κ3) is 2.84. The highest BCUT2D eigenvalue weighted by Gasteiger charge is 2.24. The van der Waals surface area contributed by atoms with Crippen molar-refractivity contribution in [3.63, 3.8) is 0 Å². The van der Waals surface area contributed by atoms with E-state index >= 15 is 0 Å². The third-order valence-corrected chi connectivity index (χ3v) is 6.34. The van der Waals surface area contributed by atoms with Crippen molar-refractivity contribution in [1.29, 1.82) is 0 Å². The Labute approximate surface area is 160 Å². The minimum Gasteiger partial charge on any atom is -0.497 e. The predicted molar refractivity (Wildman–Crippen MR) is 109 cm³/mol. The van der Waals surface area contributed by atoms with Crippen LogP contribution in [0.3, 0.4) is 0 Å². The van der Waals surface area contributed by atoms with Crippen LogP contribution in [0.1, 0.15) is 23.3 Å². The Hall–Kier alpha value is -2.60. The van der Waals surface area contributed by atoms with E-state index in [0.717, 1.165) is 39.0 Å². The molecule has 0 bridgehead atoms. The fourth-order valence-electron chi connectivity index (χ4n) is 3.71. The molecule has 1 aliphatic carbocycles. The van der Waals surface area contributed by atoms with Crippen LogP contribution in [0.25, 0.3) is 21.1 Å². The largest absolute Gasteiger partial charge is 0.497 e. The molecule has 4 aromatic rings. The van der Waals surface area contributed by atoms with E-state index < -0.39 is 0 Å². The Bertz CT molecular complexity index is 1210. The van der Waals surface area contributed by atoms with Crippen molar-refractivity contribution in [1.82, 2.24) is 14.3 Å². The highest BCUT2D eigenvalue weighted by Crippen LogP contribution is 2.35. The van der Waals surface area contributed by atoms with Gasteiger partial charge in [0.15, 0.2) is 0 Å². The fourth-order valence-corrected chi connectivity index (χ4v) is 4.74. The van der Waals surface area contributed by atoms with E-state index in [0.29, 0.717) is 12.5 Å². The Morgan fingerprint density at radius 3 is 2.93 bits per heavy atom. The minimum atomic E-state index is 0.0170. The van der Waals surface area contributed by atoms with Gasteiger partial charge in [0.05, 0.1) is 23.5 Å². The van der Waals surface area contributed by atoms with Crippen LogP contribution in [0.4, 0.5) is 0 Å². The van der Waals surface area contributed by atoms with Crippen molar-refractivity contribution >= 4 is 32.5 Å². The smallest absolute Gasteiger partial charge is 0.291 e. The third-order valence-electron chi connectivity index (χ3n) is 5.26. The lowest BCUT2D eigenvalue weighted by molar-refractivity contribution is 0.414. The molecule has 1 aliphatic rings. The molecular formula is C21H21N3O2S. The van der Waals surface area contributed by atoms with E-state index in [9.17, 15) is 4.79 Å². The molecule has 0 saturated heterocycles. The van der Waals surface area contributed by atoms with Gasteiger partial charge in [0, 0.05) is 23.4 Å². The molecule has 3 heterocycles. The highest BCUT2D eigenvalue weighted by molar-refractivity contribution is 7.20. The summed E-state index contributed by atoms with van der Waals surface area (Å²) in [5.74, 6) is 1.44. The first-order chi connectivity index (χ1) is 13.1. The van der Waals surface area contributed by atoms with E-state index in [1.807, 2.05) is 24.4 Å². The highest BCUT2D eigenvalue weighted by atomic mass is 32.1. The average Bonchev–Trinajstić information content (AvgIpc) is 3.34. The number of rotatable bonds is 5. The number of nitrogens with zero attached hydrogens (tertiary/aromatic N) is 3. The van der Waals surface area contributed by atoms with Gasteiger partial charge < -0.3 is 9.30 Å². The molecule has 6 heteroatoms. The number of aromatic nitrogens is 3. The predicted octanol–water partition coefficient (Wildman–Crippen LogP) is 4.19. The topological polar surface area (TPSA) is 49.0 Å². The molecule has 3 aromatic heterocycles. The van der Waals surface area contributed by atoms with Crippen LogP contribution in [0, 0.1) is 12.8 Å². The molecule has 0 N–H and O–H groups in total. The SMILES string of the molecule is COc1cccc(Cn2c3cc(C)sc3c3cnn(CC4CC4)c(=O)c32)c1. The first-order valence-corrected chi connectivity index (χ1v) is 10.1. The van der Waals surface area contributed by atoms with Gasteiger partial charge in [-0.25, -0.2) is 4.68 Å². The Kier molecular flexibility index (Phi) is 3.82. The van der Waals surface area contributed by atoms with Crippen molar-refractivity contribution < 1.29 is 4.74 Å². The van der Waals surface area contributed by atoms with Gasteiger partial charge in [-0.05, 0) is 49.4 Å². The summed E-state index contributed by atoms with van der Waals surface area (Å²) in [6.07, 6.45) is 4.27. The van der Waals surface area contributed by atoms with Crippen molar-refractivity contribution in [3.8, 4) is 5.75 Å². The van der Waals surface area contributed by atoms with Crippen LogP contribution in [0.2, 0.25) is 0 Å². The summed E-state index contributed by atoms with van der Waals surface area (Å²) in [5, 5.41) is 5.43. The number of ether oxygens (including phenoxy) is 1. The molecule has 5 nitrogen and oxygen atoms in total. The quantitative estimate of drug-likeness (QED) is 0.522. The second kappa shape index (κ2) is 6.23. The number of methoxy groups -OCH3 is 1. The molecule has 0 amide bonds. The van der Waals surface area contributed by atoms with Crippen molar-refractivity contribution in [2.45, 2.75) is 32.9 Å². The second-order valence-corrected chi connectivity index (χ2v) is 8.60. The molecule has 1 aromatic carbocycles. The van der Waals surface area contributed by atoms with Crippen molar-refractivity contribution in [2.75, 3.05) is 7.11 Å². The van der Waals surface area contributed by atoms with E-state index in [1.165, 1.54) is 17.7 Å². The second-order valence-electron chi connectivity index (χ2n) is 7.35. The number of thiophene rings is 1. The standard InChI is InChI=1S/C21H21N3O2S/c1-13-8-18-20(27-13)17-10-22-24(12-14-6-7-14)21(25)19(17)23(18)11-15-4-3-5-16(9-15)26-2/h3-5,8-10,14H,6-7,11-12H2,1-2H3. The molecule has 5 rings (SSSR count). The number of benzene rings is 1. The Morgan fingerprint density at radius 2 is 2.15 bits per heavy atom.